The Labute approximate surface area is 127 Å². The largest absolute Gasteiger partial charge is 0.379 e. The lowest BCUT2D eigenvalue weighted by Gasteiger charge is -2.16. The molecule has 2 aromatic rings. The average Bonchev–Trinajstić information content (AvgIpc) is 2.95. The molecule has 0 aliphatic carbocycles. The van der Waals surface area contributed by atoms with Crippen LogP contribution in [0.2, 0.25) is 0 Å². The quantitative estimate of drug-likeness (QED) is 0.885. The molecule has 1 aromatic carbocycles. The molecule has 0 amide bonds. The van der Waals surface area contributed by atoms with Gasteiger partial charge in [-0.15, -0.1) is 11.3 Å². The molecule has 6 heteroatoms. The molecule has 0 radical (unpaired) electrons. The van der Waals surface area contributed by atoms with E-state index in [0.29, 0.717) is 12.2 Å². The third kappa shape index (κ3) is 3.50. The summed E-state index contributed by atoms with van der Waals surface area (Å²) in [5.41, 5.74) is 0.557. The number of nitriles is 1. The van der Waals surface area contributed by atoms with Gasteiger partial charge >= 0.3 is 0 Å². The van der Waals surface area contributed by atoms with Crippen LogP contribution >= 0.6 is 11.3 Å². The van der Waals surface area contributed by atoms with Gasteiger partial charge in [-0.05, 0) is 26.0 Å². The Morgan fingerprint density at radius 1 is 1.38 bits per heavy atom. The number of benzene rings is 1. The van der Waals surface area contributed by atoms with E-state index in [4.69, 9.17) is 5.26 Å². The van der Waals surface area contributed by atoms with Gasteiger partial charge in [0, 0.05) is 24.2 Å². The van der Waals surface area contributed by atoms with E-state index in [-0.39, 0.29) is 5.56 Å². The third-order valence-corrected chi connectivity index (χ3v) is 4.21. The average molecular weight is 304 g/mol. The van der Waals surface area contributed by atoms with Gasteiger partial charge in [0.1, 0.15) is 17.4 Å². The summed E-state index contributed by atoms with van der Waals surface area (Å²) in [6.07, 6.45) is 1.82. The molecule has 0 unspecified atom stereocenters. The normalized spacial score (nSPS) is 10.2. The van der Waals surface area contributed by atoms with Crippen molar-refractivity contribution in [2.24, 2.45) is 0 Å². The van der Waals surface area contributed by atoms with Gasteiger partial charge in [0.05, 0.1) is 12.2 Å². The lowest BCUT2D eigenvalue weighted by atomic mass is 10.2. The zero-order chi connectivity index (χ0) is 15.2. The van der Waals surface area contributed by atoms with Crippen molar-refractivity contribution in [2.75, 3.05) is 23.3 Å². The minimum Gasteiger partial charge on any atom is -0.379 e. The maximum absolute atomic E-state index is 13.5. The van der Waals surface area contributed by atoms with Crippen molar-refractivity contribution in [1.82, 2.24) is 4.98 Å². The topological polar surface area (TPSA) is 52.0 Å². The van der Waals surface area contributed by atoms with E-state index in [1.807, 2.05) is 12.3 Å². The Kier molecular flexibility index (Phi) is 5.12. The second-order valence-corrected chi connectivity index (χ2v) is 5.50. The molecule has 0 aliphatic heterocycles. The van der Waals surface area contributed by atoms with Crippen LogP contribution in [0.4, 0.5) is 15.2 Å². The molecule has 1 N–H and O–H groups in total. The zero-order valence-corrected chi connectivity index (χ0v) is 12.9. The summed E-state index contributed by atoms with van der Waals surface area (Å²) in [7, 11) is 0. The number of thiazole rings is 1. The molecular weight excluding hydrogens is 287 g/mol. The fourth-order valence-corrected chi connectivity index (χ4v) is 2.96. The van der Waals surface area contributed by atoms with Crippen molar-refractivity contribution in [2.45, 2.75) is 20.4 Å². The minimum atomic E-state index is -0.504. The van der Waals surface area contributed by atoms with Crippen molar-refractivity contribution < 1.29 is 4.39 Å². The summed E-state index contributed by atoms with van der Waals surface area (Å²) in [5, 5.41) is 13.1. The smallest absolute Gasteiger partial charge is 0.185 e. The number of hydrogen-bond acceptors (Lipinski definition) is 5. The Hall–Kier alpha value is -2.13. The van der Waals surface area contributed by atoms with E-state index in [1.54, 1.807) is 23.5 Å². The lowest BCUT2D eigenvalue weighted by Crippen LogP contribution is -2.21. The molecule has 0 aliphatic rings. The van der Waals surface area contributed by atoms with Crippen LogP contribution in [0.3, 0.4) is 0 Å². The molecule has 0 spiro atoms. The Balaban J connectivity index is 2.08. The lowest BCUT2D eigenvalue weighted by molar-refractivity contribution is 0.624. The Morgan fingerprint density at radius 3 is 2.81 bits per heavy atom. The summed E-state index contributed by atoms with van der Waals surface area (Å²) in [5.74, 6) is -0.504. The Bertz CT molecular complexity index is 643. The highest BCUT2D eigenvalue weighted by Gasteiger charge is 2.10. The number of anilines is 2. The van der Waals surface area contributed by atoms with E-state index in [1.165, 1.54) is 6.07 Å². The fourth-order valence-electron chi connectivity index (χ4n) is 1.99. The van der Waals surface area contributed by atoms with Crippen LogP contribution < -0.4 is 10.2 Å². The van der Waals surface area contributed by atoms with Gasteiger partial charge in [-0.2, -0.15) is 5.26 Å². The molecule has 1 aromatic heterocycles. The fraction of sp³-hybridized carbons (Fsp3) is 0.333. The van der Waals surface area contributed by atoms with Crippen LogP contribution in [0.15, 0.2) is 24.4 Å². The predicted molar refractivity (Wildman–Crippen MR) is 84.1 cm³/mol. The first-order valence-electron chi connectivity index (χ1n) is 6.81. The number of nitrogens with zero attached hydrogens (tertiary/aromatic N) is 3. The van der Waals surface area contributed by atoms with Gasteiger partial charge in [-0.3, -0.25) is 0 Å². The molecule has 4 nitrogen and oxygen atoms in total. The SMILES string of the molecule is CCN(CC)c1ncc(CNc2cccc(F)c2C#N)s1. The number of halogens is 1. The third-order valence-electron chi connectivity index (χ3n) is 3.15. The van der Waals surface area contributed by atoms with Crippen molar-refractivity contribution >= 4 is 22.2 Å². The second kappa shape index (κ2) is 7.04. The molecule has 0 fully saturated rings. The van der Waals surface area contributed by atoms with Crippen LogP contribution in [0.5, 0.6) is 0 Å². The molecule has 0 saturated heterocycles. The molecule has 1 heterocycles. The number of nitrogens with one attached hydrogen (secondary N) is 1. The molecule has 110 valence electrons. The molecular formula is C15H17FN4S. The van der Waals surface area contributed by atoms with Crippen molar-refractivity contribution in [3.05, 3.63) is 40.7 Å². The monoisotopic (exact) mass is 304 g/mol. The van der Waals surface area contributed by atoms with Gasteiger partial charge in [-0.1, -0.05) is 6.07 Å². The zero-order valence-electron chi connectivity index (χ0n) is 12.1. The first-order chi connectivity index (χ1) is 10.2. The summed E-state index contributed by atoms with van der Waals surface area (Å²) in [6.45, 7) is 6.54. The molecule has 0 saturated carbocycles. The molecule has 0 bridgehead atoms. The van der Waals surface area contributed by atoms with Gasteiger partial charge in [0.15, 0.2) is 5.13 Å². The molecule has 21 heavy (non-hydrogen) atoms. The van der Waals surface area contributed by atoms with E-state index < -0.39 is 5.82 Å². The highest BCUT2D eigenvalue weighted by molar-refractivity contribution is 7.15. The van der Waals surface area contributed by atoms with E-state index >= 15 is 0 Å². The maximum Gasteiger partial charge on any atom is 0.185 e. The van der Waals surface area contributed by atoms with Crippen molar-refractivity contribution in [1.29, 1.82) is 5.26 Å². The summed E-state index contributed by atoms with van der Waals surface area (Å²) in [4.78, 5) is 7.62. The van der Waals surface area contributed by atoms with Crippen molar-refractivity contribution in [3.63, 3.8) is 0 Å². The van der Waals surface area contributed by atoms with Crippen LogP contribution in [-0.2, 0) is 6.54 Å². The molecule has 2 rings (SSSR count). The van der Waals surface area contributed by atoms with E-state index in [0.717, 1.165) is 23.1 Å². The van der Waals surface area contributed by atoms with Gasteiger partial charge < -0.3 is 10.2 Å². The number of hydrogen-bond donors (Lipinski definition) is 1. The van der Waals surface area contributed by atoms with Crippen LogP contribution in [0.25, 0.3) is 0 Å². The van der Waals surface area contributed by atoms with Crippen LogP contribution in [0.1, 0.15) is 24.3 Å². The standard InChI is InChI=1S/C15H17FN4S/c1-3-20(4-2)15-19-10-11(21-15)9-18-14-7-5-6-13(16)12(14)8-17/h5-7,10,18H,3-4,9H2,1-2H3. The van der Waals surface area contributed by atoms with Crippen molar-refractivity contribution in [3.8, 4) is 6.07 Å². The Morgan fingerprint density at radius 2 is 2.14 bits per heavy atom. The first kappa shape index (κ1) is 15.3. The maximum atomic E-state index is 13.5. The van der Waals surface area contributed by atoms with Gasteiger partial charge in [0.25, 0.3) is 0 Å². The van der Waals surface area contributed by atoms with Gasteiger partial charge in [-0.25, -0.2) is 9.37 Å². The summed E-state index contributed by atoms with van der Waals surface area (Å²) >= 11 is 1.60. The summed E-state index contributed by atoms with van der Waals surface area (Å²) in [6, 6.07) is 6.46. The highest BCUT2D eigenvalue weighted by Crippen LogP contribution is 2.24. The first-order valence-corrected chi connectivity index (χ1v) is 7.63. The number of rotatable bonds is 6. The second-order valence-electron chi connectivity index (χ2n) is 4.41. The number of aromatic nitrogens is 1. The van der Waals surface area contributed by atoms with E-state index in [9.17, 15) is 4.39 Å². The predicted octanol–water partition coefficient (Wildman–Crippen LogP) is 3.61. The summed E-state index contributed by atoms with van der Waals surface area (Å²) < 4.78 is 13.5. The van der Waals surface area contributed by atoms with E-state index in [2.05, 4.69) is 29.0 Å². The van der Waals surface area contributed by atoms with Gasteiger partial charge in [0.2, 0.25) is 0 Å². The highest BCUT2D eigenvalue weighted by atomic mass is 32.1. The minimum absolute atomic E-state index is 0.0472. The van der Waals surface area contributed by atoms with Crippen LogP contribution in [-0.4, -0.2) is 18.1 Å². The molecule has 0 atom stereocenters. The van der Waals surface area contributed by atoms with Crippen LogP contribution in [0, 0.1) is 17.1 Å².